The Labute approximate surface area is 60.2 Å². The van der Waals surface area contributed by atoms with E-state index in [4.69, 9.17) is 11.5 Å². The molecular formula is C6H13N3O. The summed E-state index contributed by atoms with van der Waals surface area (Å²) in [5.41, 5.74) is 10.6. The molecule has 0 radical (unpaired) electrons. The van der Waals surface area contributed by atoms with E-state index in [2.05, 4.69) is 0 Å². The minimum absolute atomic E-state index is 0.176. The van der Waals surface area contributed by atoms with Crippen LogP contribution in [0.25, 0.3) is 0 Å². The summed E-state index contributed by atoms with van der Waals surface area (Å²) in [5, 5.41) is 0. The van der Waals surface area contributed by atoms with Crippen LogP contribution >= 0.6 is 0 Å². The van der Waals surface area contributed by atoms with Gasteiger partial charge in [0.15, 0.2) is 0 Å². The van der Waals surface area contributed by atoms with Gasteiger partial charge in [0, 0.05) is 25.0 Å². The van der Waals surface area contributed by atoms with Crippen molar-refractivity contribution in [1.82, 2.24) is 4.90 Å². The molecule has 0 spiro atoms. The highest BCUT2D eigenvalue weighted by Gasteiger charge is 2.31. The van der Waals surface area contributed by atoms with E-state index in [1.165, 1.54) is 0 Å². The number of nitrogens with zero attached hydrogens (tertiary/aromatic N) is 1. The molecule has 2 amide bonds. The quantitative estimate of drug-likeness (QED) is 0.511. The predicted octanol–water partition coefficient (Wildman–Crippen LogP) is -0.656. The first-order chi connectivity index (χ1) is 4.61. The standard InChI is InChI=1S/C6H13N3O/c1-4(7)5-2-9(3-5)6(8)10/h4-5H,2-3,7H2,1H3,(H2,8,10). The zero-order valence-electron chi connectivity index (χ0n) is 6.08. The molecule has 58 valence electrons. The monoisotopic (exact) mass is 143 g/mol. The highest BCUT2D eigenvalue weighted by atomic mass is 16.2. The van der Waals surface area contributed by atoms with Crippen LogP contribution in [0.15, 0.2) is 0 Å². The normalized spacial score (nSPS) is 22.0. The average Bonchev–Trinajstić information content (AvgIpc) is 1.56. The van der Waals surface area contributed by atoms with E-state index < -0.39 is 0 Å². The Morgan fingerprint density at radius 2 is 2.20 bits per heavy atom. The van der Waals surface area contributed by atoms with Crippen LogP contribution in [0.5, 0.6) is 0 Å². The molecule has 0 aromatic heterocycles. The summed E-state index contributed by atoms with van der Waals surface area (Å²) in [7, 11) is 0. The smallest absolute Gasteiger partial charge is 0.314 e. The first-order valence-corrected chi connectivity index (χ1v) is 3.41. The lowest BCUT2D eigenvalue weighted by atomic mass is 9.94. The van der Waals surface area contributed by atoms with Crippen molar-refractivity contribution >= 4 is 6.03 Å². The topological polar surface area (TPSA) is 72.3 Å². The number of likely N-dealkylation sites (tertiary alicyclic amines) is 1. The van der Waals surface area contributed by atoms with Crippen LogP contribution < -0.4 is 11.5 Å². The molecular weight excluding hydrogens is 130 g/mol. The van der Waals surface area contributed by atoms with Gasteiger partial charge in [-0.25, -0.2) is 4.79 Å². The average molecular weight is 143 g/mol. The van der Waals surface area contributed by atoms with Gasteiger partial charge in [0.1, 0.15) is 0 Å². The summed E-state index contributed by atoms with van der Waals surface area (Å²) in [5.74, 6) is 0.451. The van der Waals surface area contributed by atoms with Gasteiger partial charge in [-0.2, -0.15) is 0 Å². The molecule has 0 saturated carbocycles. The number of nitrogens with two attached hydrogens (primary N) is 2. The first-order valence-electron chi connectivity index (χ1n) is 3.41. The molecule has 1 saturated heterocycles. The van der Waals surface area contributed by atoms with Gasteiger partial charge < -0.3 is 16.4 Å². The van der Waals surface area contributed by atoms with Crippen LogP contribution in [-0.4, -0.2) is 30.1 Å². The molecule has 10 heavy (non-hydrogen) atoms. The third-order valence-corrected chi connectivity index (χ3v) is 1.97. The van der Waals surface area contributed by atoms with Crippen LogP contribution in [-0.2, 0) is 0 Å². The van der Waals surface area contributed by atoms with E-state index in [9.17, 15) is 4.79 Å². The Balaban J connectivity index is 2.24. The Kier molecular flexibility index (Phi) is 1.80. The number of carbonyl (C=O) groups is 1. The van der Waals surface area contributed by atoms with Gasteiger partial charge in [-0.15, -0.1) is 0 Å². The van der Waals surface area contributed by atoms with Crippen LogP contribution in [0.4, 0.5) is 4.79 Å². The van der Waals surface area contributed by atoms with Crippen molar-refractivity contribution in [3.63, 3.8) is 0 Å². The van der Waals surface area contributed by atoms with Gasteiger partial charge in [0.25, 0.3) is 0 Å². The number of carbonyl (C=O) groups excluding carboxylic acids is 1. The summed E-state index contributed by atoms with van der Waals surface area (Å²) >= 11 is 0. The predicted molar refractivity (Wildman–Crippen MR) is 38.3 cm³/mol. The van der Waals surface area contributed by atoms with Gasteiger partial charge in [0.05, 0.1) is 0 Å². The molecule has 0 aliphatic carbocycles. The number of hydrogen-bond donors (Lipinski definition) is 2. The molecule has 1 unspecified atom stereocenters. The lowest BCUT2D eigenvalue weighted by Crippen LogP contribution is -2.57. The maximum absolute atomic E-state index is 10.5. The van der Waals surface area contributed by atoms with Gasteiger partial charge in [0.2, 0.25) is 0 Å². The second-order valence-electron chi connectivity index (χ2n) is 2.86. The fourth-order valence-electron chi connectivity index (χ4n) is 1.03. The molecule has 1 heterocycles. The van der Waals surface area contributed by atoms with E-state index in [1.54, 1.807) is 4.90 Å². The van der Waals surface area contributed by atoms with Crippen molar-refractivity contribution in [3.8, 4) is 0 Å². The van der Waals surface area contributed by atoms with Crippen molar-refractivity contribution in [1.29, 1.82) is 0 Å². The third-order valence-electron chi connectivity index (χ3n) is 1.97. The Hall–Kier alpha value is -0.770. The van der Waals surface area contributed by atoms with E-state index in [1.807, 2.05) is 6.92 Å². The maximum Gasteiger partial charge on any atom is 0.314 e. The lowest BCUT2D eigenvalue weighted by molar-refractivity contribution is 0.115. The van der Waals surface area contributed by atoms with Crippen molar-refractivity contribution in [2.24, 2.45) is 17.4 Å². The van der Waals surface area contributed by atoms with Crippen molar-refractivity contribution in [2.45, 2.75) is 13.0 Å². The largest absolute Gasteiger partial charge is 0.351 e. The second-order valence-corrected chi connectivity index (χ2v) is 2.86. The molecule has 4 heteroatoms. The minimum Gasteiger partial charge on any atom is -0.351 e. The molecule has 0 aromatic carbocycles. The maximum atomic E-state index is 10.5. The molecule has 1 aliphatic heterocycles. The third kappa shape index (κ3) is 1.21. The molecule has 1 aliphatic rings. The van der Waals surface area contributed by atoms with Crippen LogP contribution in [0.3, 0.4) is 0 Å². The highest BCUT2D eigenvalue weighted by molar-refractivity contribution is 5.72. The molecule has 4 nitrogen and oxygen atoms in total. The van der Waals surface area contributed by atoms with Crippen molar-refractivity contribution < 1.29 is 4.79 Å². The summed E-state index contributed by atoms with van der Waals surface area (Å²) in [6.45, 7) is 3.41. The Bertz CT molecular complexity index is 140. The van der Waals surface area contributed by atoms with E-state index >= 15 is 0 Å². The SMILES string of the molecule is CC(N)C1CN(C(N)=O)C1. The van der Waals surface area contributed by atoms with Gasteiger partial charge in [-0.1, -0.05) is 0 Å². The second kappa shape index (κ2) is 2.46. The molecule has 4 N–H and O–H groups in total. The highest BCUT2D eigenvalue weighted by Crippen LogP contribution is 2.16. The number of hydrogen-bond acceptors (Lipinski definition) is 2. The zero-order chi connectivity index (χ0) is 7.72. The Morgan fingerprint density at radius 1 is 1.70 bits per heavy atom. The molecule has 1 fully saturated rings. The zero-order valence-corrected chi connectivity index (χ0v) is 6.08. The summed E-state index contributed by atoms with van der Waals surface area (Å²) in [6.07, 6.45) is 0. The molecule has 0 bridgehead atoms. The summed E-state index contributed by atoms with van der Waals surface area (Å²) in [4.78, 5) is 12.0. The number of amides is 2. The van der Waals surface area contributed by atoms with Crippen LogP contribution in [0.2, 0.25) is 0 Å². The van der Waals surface area contributed by atoms with Gasteiger partial charge in [-0.3, -0.25) is 0 Å². The number of urea groups is 1. The minimum atomic E-state index is -0.336. The number of rotatable bonds is 1. The van der Waals surface area contributed by atoms with E-state index in [0.29, 0.717) is 5.92 Å². The molecule has 1 rings (SSSR count). The van der Waals surface area contributed by atoms with Crippen molar-refractivity contribution in [3.05, 3.63) is 0 Å². The summed E-state index contributed by atoms with van der Waals surface area (Å²) < 4.78 is 0. The Morgan fingerprint density at radius 3 is 2.50 bits per heavy atom. The summed E-state index contributed by atoms with van der Waals surface area (Å²) in [6, 6.07) is -0.160. The van der Waals surface area contributed by atoms with E-state index in [-0.39, 0.29) is 12.1 Å². The number of primary amides is 1. The molecule has 1 atom stereocenters. The lowest BCUT2D eigenvalue weighted by Gasteiger charge is -2.40. The van der Waals surface area contributed by atoms with Crippen LogP contribution in [0, 0.1) is 5.92 Å². The molecule has 0 aromatic rings. The first kappa shape index (κ1) is 7.34. The van der Waals surface area contributed by atoms with Crippen molar-refractivity contribution in [2.75, 3.05) is 13.1 Å². The van der Waals surface area contributed by atoms with E-state index in [0.717, 1.165) is 13.1 Å². The fourth-order valence-corrected chi connectivity index (χ4v) is 1.03. The fraction of sp³-hybridized carbons (Fsp3) is 0.833. The van der Waals surface area contributed by atoms with Crippen LogP contribution in [0.1, 0.15) is 6.92 Å². The van der Waals surface area contributed by atoms with Gasteiger partial charge in [-0.05, 0) is 6.92 Å². The van der Waals surface area contributed by atoms with Gasteiger partial charge >= 0.3 is 6.03 Å².